The normalized spacial score (nSPS) is 11.2. The van der Waals surface area contributed by atoms with Crippen molar-refractivity contribution in [1.82, 2.24) is 4.98 Å². The second kappa shape index (κ2) is 5.81. The van der Waals surface area contributed by atoms with Crippen molar-refractivity contribution in [2.24, 2.45) is 0 Å². The van der Waals surface area contributed by atoms with E-state index in [4.69, 9.17) is 4.74 Å². The van der Waals surface area contributed by atoms with E-state index in [9.17, 15) is 13.2 Å². The summed E-state index contributed by atoms with van der Waals surface area (Å²) in [5.74, 6) is 0.284. The van der Waals surface area contributed by atoms with E-state index in [0.29, 0.717) is 5.69 Å². The SMILES string of the molecule is CNc1cccc(C(F)(F)F)c1COc1ccccn1. The first-order valence-electron chi connectivity index (χ1n) is 5.93. The maximum Gasteiger partial charge on any atom is 0.416 e. The van der Waals surface area contributed by atoms with Crippen LogP contribution in [0.2, 0.25) is 0 Å². The number of anilines is 1. The molecule has 0 unspecified atom stereocenters. The van der Waals surface area contributed by atoms with Crippen LogP contribution in [-0.4, -0.2) is 12.0 Å². The molecule has 1 N–H and O–H groups in total. The highest BCUT2D eigenvalue weighted by atomic mass is 19.4. The van der Waals surface area contributed by atoms with Crippen LogP contribution >= 0.6 is 0 Å². The first kappa shape index (κ1) is 14.2. The molecule has 2 rings (SSSR count). The Hall–Kier alpha value is -2.24. The van der Waals surface area contributed by atoms with Crippen LogP contribution in [0.15, 0.2) is 42.6 Å². The van der Waals surface area contributed by atoms with Crippen molar-refractivity contribution in [2.45, 2.75) is 12.8 Å². The van der Waals surface area contributed by atoms with Gasteiger partial charge in [-0.3, -0.25) is 0 Å². The van der Waals surface area contributed by atoms with Gasteiger partial charge in [0.05, 0.1) is 5.56 Å². The Balaban J connectivity index is 2.29. The van der Waals surface area contributed by atoms with Crippen LogP contribution in [0.25, 0.3) is 0 Å². The predicted octanol–water partition coefficient (Wildman–Crippen LogP) is 3.72. The van der Waals surface area contributed by atoms with Crippen LogP contribution in [-0.2, 0) is 12.8 Å². The molecule has 1 aromatic heterocycles. The summed E-state index contributed by atoms with van der Waals surface area (Å²) in [5, 5.41) is 2.74. The number of benzene rings is 1. The number of alkyl halides is 3. The molecule has 0 atom stereocenters. The zero-order chi connectivity index (χ0) is 14.6. The molecule has 0 fully saturated rings. The molecule has 0 aliphatic heterocycles. The van der Waals surface area contributed by atoms with Gasteiger partial charge >= 0.3 is 6.18 Å². The molecule has 20 heavy (non-hydrogen) atoms. The zero-order valence-electron chi connectivity index (χ0n) is 10.7. The van der Waals surface area contributed by atoms with E-state index in [-0.39, 0.29) is 18.1 Å². The average Bonchev–Trinajstić information content (AvgIpc) is 2.44. The van der Waals surface area contributed by atoms with Gasteiger partial charge in [-0.25, -0.2) is 4.98 Å². The fourth-order valence-corrected chi connectivity index (χ4v) is 1.82. The van der Waals surface area contributed by atoms with Crippen molar-refractivity contribution in [3.05, 3.63) is 53.7 Å². The summed E-state index contributed by atoms with van der Waals surface area (Å²) >= 11 is 0. The van der Waals surface area contributed by atoms with Crippen LogP contribution in [0, 0.1) is 0 Å². The van der Waals surface area contributed by atoms with Crippen molar-refractivity contribution in [3.8, 4) is 5.88 Å². The second-order valence-corrected chi connectivity index (χ2v) is 4.04. The lowest BCUT2D eigenvalue weighted by Gasteiger charge is -2.17. The van der Waals surface area contributed by atoms with Crippen LogP contribution < -0.4 is 10.1 Å². The highest BCUT2D eigenvalue weighted by molar-refractivity contribution is 5.55. The fraction of sp³-hybridized carbons (Fsp3) is 0.214. The summed E-state index contributed by atoms with van der Waals surface area (Å²) in [7, 11) is 1.57. The van der Waals surface area contributed by atoms with Gasteiger partial charge in [-0.2, -0.15) is 13.2 Å². The lowest BCUT2D eigenvalue weighted by molar-refractivity contribution is -0.138. The number of pyridine rings is 1. The van der Waals surface area contributed by atoms with Gasteiger partial charge in [0.25, 0.3) is 0 Å². The standard InChI is InChI=1S/C14H13F3N2O/c1-18-12-6-4-5-11(14(15,16)17)10(12)9-20-13-7-2-3-8-19-13/h2-8,18H,9H2,1H3. The fourth-order valence-electron chi connectivity index (χ4n) is 1.82. The van der Waals surface area contributed by atoms with E-state index >= 15 is 0 Å². The predicted molar refractivity (Wildman–Crippen MR) is 69.6 cm³/mol. The largest absolute Gasteiger partial charge is 0.473 e. The van der Waals surface area contributed by atoms with Crippen molar-refractivity contribution < 1.29 is 17.9 Å². The molecule has 0 aliphatic carbocycles. The van der Waals surface area contributed by atoms with Crippen molar-refractivity contribution in [2.75, 3.05) is 12.4 Å². The molecule has 3 nitrogen and oxygen atoms in total. The van der Waals surface area contributed by atoms with Gasteiger partial charge in [-0.1, -0.05) is 12.1 Å². The molecular weight excluding hydrogens is 269 g/mol. The molecule has 106 valence electrons. The van der Waals surface area contributed by atoms with Gasteiger partial charge in [0, 0.05) is 30.6 Å². The van der Waals surface area contributed by atoms with E-state index in [2.05, 4.69) is 10.3 Å². The number of nitrogens with one attached hydrogen (secondary N) is 1. The van der Waals surface area contributed by atoms with E-state index in [1.165, 1.54) is 12.3 Å². The van der Waals surface area contributed by atoms with Crippen molar-refractivity contribution in [1.29, 1.82) is 0 Å². The molecule has 2 aromatic rings. The maximum absolute atomic E-state index is 13.0. The second-order valence-electron chi connectivity index (χ2n) is 4.04. The highest BCUT2D eigenvalue weighted by Crippen LogP contribution is 2.35. The quantitative estimate of drug-likeness (QED) is 0.928. The molecule has 0 aliphatic rings. The number of hydrogen-bond acceptors (Lipinski definition) is 3. The number of nitrogens with zero attached hydrogens (tertiary/aromatic N) is 1. The summed E-state index contributed by atoms with van der Waals surface area (Å²) in [4.78, 5) is 3.92. The summed E-state index contributed by atoms with van der Waals surface area (Å²) in [6.07, 6.45) is -2.90. The minimum atomic E-state index is -4.42. The smallest absolute Gasteiger partial charge is 0.416 e. The topological polar surface area (TPSA) is 34.1 Å². The summed E-state index contributed by atoms with van der Waals surface area (Å²) < 4.78 is 44.3. The maximum atomic E-state index is 13.0. The summed E-state index contributed by atoms with van der Waals surface area (Å²) in [5.41, 5.74) is -0.260. The lowest BCUT2D eigenvalue weighted by Crippen LogP contribution is -2.13. The zero-order valence-corrected chi connectivity index (χ0v) is 10.7. The first-order valence-corrected chi connectivity index (χ1v) is 5.93. The highest BCUT2D eigenvalue weighted by Gasteiger charge is 2.34. The molecule has 0 amide bonds. The Morgan fingerprint density at radius 2 is 1.95 bits per heavy atom. The molecular formula is C14H13F3N2O. The van der Waals surface area contributed by atoms with Gasteiger partial charge in [-0.05, 0) is 18.2 Å². The minimum Gasteiger partial charge on any atom is -0.473 e. The Kier molecular flexibility index (Phi) is 4.12. The van der Waals surface area contributed by atoms with Crippen LogP contribution in [0.3, 0.4) is 0 Å². The monoisotopic (exact) mass is 282 g/mol. The number of ether oxygens (including phenoxy) is 1. The third kappa shape index (κ3) is 3.20. The Morgan fingerprint density at radius 1 is 1.15 bits per heavy atom. The Bertz CT molecular complexity index is 570. The van der Waals surface area contributed by atoms with Crippen molar-refractivity contribution >= 4 is 5.69 Å². The average molecular weight is 282 g/mol. The van der Waals surface area contributed by atoms with Crippen LogP contribution in [0.5, 0.6) is 5.88 Å². The first-order chi connectivity index (χ1) is 9.52. The number of hydrogen-bond donors (Lipinski definition) is 1. The molecule has 0 saturated heterocycles. The molecule has 1 aromatic carbocycles. The number of aromatic nitrogens is 1. The van der Waals surface area contributed by atoms with Gasteiger partial charge in [0.2, 0.25) is 5.88 Å². The number of rotatable bonds is 4. The van der Waals surface area contributed by atoms with E-state index in [1.54, 1.807) is 31.3 Å². The molecule has 0 radical (unpaired) electrons. The molecule has 0 bridgehead atoms. The summed E-state index contributed by atoms with van der Waals surface area (Å²) in [6, 6.07) is 8.98. The van der Waals surface area contributed by atoms with Gasteiger partial charge < -0.3 is 10.1 Å². The van der Waals surface area contributed by atoms with Crippen LogP contribution in [0.1, 0.15) is 11.1 Å². The van der Waals surface area contributed by atoms with E-state index in [0.717, 1.165) is 6.07 Å². The Labute approximate surface area is 114 Å². The minimum absolute atomic E-state index is 0.0631. The Morgan fingerprint density at radius 3 is 2.55 bits per heavy atom. The van der Waals surface area contributed by atoms with E-state index in [1.807, 2.05) is 0 Å². The number of halogens is 3. The summed E-state index contributed by atoms with van der Waals surface area (Å²) in [6.45, 7) is -0.205. The third-order valence-corrected chi connectivity index (χ3v) is 2.75. The van der Waals surface area contributed by atoms with Crippen LogP contribution in [0.4, 0.5) is 18.9 Å². The van der Waals surface area contributed by atoms with E-state index < -0.39 is 11.7 Å². The third-order valence-electron chi connectivity index (χ3n) is 2.75. The molecule has 6 heteroatoms. The molecule has 0 saturated carbocycles. The van der Waals surface area contributed by atoms with Gasteiger partial charge in [0.1, 0.15) is 6.61 Å². The van der Waals surface area contributed by atoms with Crippen molar-refractivity contribution in [3.63, 3.8) is 0 Å². The molecule has 1 heterocycles. The molecule has 0 spiro atoms. The lowest BCUT2D eigenvalue weighted by atomic mass is 10.1. The van der Waals surface area contributed by atoms with Gasteiger partial charge in [0.15, 0.2) is 0 Å². The van der Waals surface area contributed by atoms with Gasteiger partial charge in [-0.15, -0.1) is 0 Å².